The molecule has 17 heavy (non-hydrogen) atoms. The summed E-state index contributed by atoms with van der Waals surface area (Å²) in [6, 6.07) is 0. The number of rotatable bonds is 5. The highest BCUT2D eigenvalue weighted by atomic mass is 16.5. The second kappa shape index (κ2) is 6.67. The van der Waals surface area contributed by atoms with Gasteiger partial charge in [-0.25, -0.2) is 4.79 Å². The molecule has 0 aromatic rings. The van der Waals surface area contributed by atoms with E-state index in [-0.39, 0.29) is 5.57 Å². The van der Waals surface area contributed by atoms with Crippen molar-refractivity contribution in [1.82, 2.24) is 0 Å². The average Bonchev–Trinajstić information content (AvgIpc) is 2.35. The monoisotopic (exact) mass is 244 g/mol. The van der Waals surface area contributed by atoms with Crippen molar-refractivity contribution in [1.29, 1.82) is 0 Å². The first-order valence-corrected chi connectivity index (χ1v) is 4.83. The van der Waals surface area contributed by atoms with E-state index in [9.17, 15) is 14.4 Å². The summed E-state index contributed by atoms with van der Waals surface area (Å²) in [4.78, 5) is 34.2. The molecular formula is C11H16O6. The van der Waals surface area contributed by atoms with Gasteiger partial charge in [0, 0.05) is 11.5 Å². The molecule has 0 aromatic carbocycles. The van der Waals surface area contributed by atoms with E-state index >= 15 is 0 Å². The van der Waals surface area contributed by atoms with Crippen LogP contribution in [0.1, 0.15) is 6.92 Å². The number of carbonyl (C=O) groups excluding carboxylic acids is 3. The molecule has 0 saturated carbocycles. The van der Waals surface area contributed by atoms with Gasteiger partial charge in [0.25, 0.3) is 0 Å². The van der Waals surface area contributed by atoms with Crippen LogP contribution in [0.5, 0.6) is 0 Å². The molecule has 0 aliphatic rings. The second-order valence-electron chi connectivity index (χ2n) is 3.33. The van der Waals surface area contributed by atoms with Crippen molar-refractivity contribution in [3.63, 3.8) is 0 Å². The van der Waals surface area contributed by atoms with Gasteiger partial charge in [0.05, 0.1) is 21.3 Å². The van der Waals surface area contributed by atoms with Crippen molar-refractivity contribution >= 4 is 17.9 Å². The summed E-state index contributed by atoms with van der Waals surface area (Å²) in [5.74, 6) is -4.24. The summed E-state index contributed by atoms with van der Waals surface area (Å²) in [7, 11) is 3.48. The fraction of sp³-hybridized carbons (Fsp3) is 0.545. The zero-order valence-corrected chi connectivity index (χ0v) is 10.3. The predicted octanol–water partition coefficient (Wildman–Crippen LogP) is 0.314. The Morgan fingerprint density at radius 1 is 0.941 bits per heavy atom. The van der Waals surface area contributed by atoms with E-state index in [0.29, 0.717) is 0 Å². The highest BCUT2D eigenvalue weighted by Gasteiger charge is 2.37. The van der Waals surface area contributed by atoms with Gasteiger partial charge >= 0.3 is 17.9 Å². The SMILES string of the molecule is C=C(C(=O)OC)C(C)C(C(=O)OC)C(=O)OC. The molecule has 0 bridgehead atoms. The molecule has 6 heteroatoms. The smallest absolute Gasteiger partial charge is 0.333 e. The summed E-state index contributed by atoms with van der Waals surface area (Å²) in [6.45, 7) is 4.99. The Bertz CT molecular complexity index is 317. The minimum absolute atomic E-state index is 0.00769. The molecule has 0 amide bonds. The average molecular weight is 244 g/mol. The first-order valence-electron chi connectivity index (χ1n) is 4.83. The van der Waals surface area contributed by atoms with Crippen molar-refractivity contribution in [2.75, 3.05) is 21.3 Å². The number of methoxy groups -OCH3 is 3. The molecule has 1 unspecified atom stereocenters. The van der Waals surface area contributed by atoms with Crippen LogP contribution in [0.3, 0.4) is 0 Å². The van der Waals surface area contributed by atoms with Gasteiger partial charge in [0.1, 0.15) is 0 Å². The topological polar surface area (TPSA) is 78.9 Å². The number of esters is 3. The third-order valence-corrected chi connectivity index (χ3v) is 2.41. The lowest BCUT2D eigenvalue weighted by atomic mass is 9.88. The molecule has 96 valence electrons. The molecule has 0 aliphatic heterocycles. The summed E-state index contributed by atoms with van der Waals surface area (Å²) < 4.78 is 13.4. The predicted molar refractivity (Wildman–Crippen MR) is 57.8 cm³/mol. The minimum Gasteiger partial charge on any atom is -0.468 e. The lowest BCUT2D eigenvalue weighted by Gasteiger charge is -2.20. The maximum atomic E-state index is 11.5. The highest BCUT2D eigenvalue weighted by molar-refractivity contribution is 5.98. The molecule has 0 aliphatic carbocycles. The zero-order chi connectivity index (χ0) is 13.6. The van der Waals surface area contributed by atoms with E-state index in [1.807, 2.05) is 0 Å². The summed E-state index contributed by atoms with van der Waals surface area (Å²) in [5, 5.41) is 0. The van der Waals surface area contributed by atoms with Gasteiger partial charge in [-0.1, -0.05) is 13.5 Å². The quantitative estimate of drug-likeness (QED) is 0.300. The van der Waals surface area contributed by atoms with Crippen LogP contribution in [0.4, 0.5) is 0 Å². The standard InChI is InChI=1S/C11H16O6/c1-6(7(2)9(12)15-3)8(10(13)16-4)11(14)17-5/h6,8H,2H2,1,3-5H3. The molecule has 0 heterocycles. The molecule has 0 radical (unpaired) electrons. The fourth-order valence-electron chi connectivity index (χ4n) is 1.28. The molecule has 6 nitrogen and oxygen atoms in total. The van der Waals surface area contributed by atoms with E-state index in [1.54, 1.807) is 0 Å². The summed E-state index contributed by atoms with van der Waals surface area (Å²) in [5.41, 5.74) is 0.00769. The molecule has 0 fully saturated rings. The lowest BCUT2D eigenvalue weighted by Crippen LogP contribution is -2.34. The molecular weight excluding hydrogens is 228 g/mol. The largest absolute Gasteiger partial charge is 0.468 e. The van der Waals surface area contributed by atoms with Gasteiger partial charge in [-0.15, -0.1) is 0 Å². The molecule has 1 atom stereocenters. The molecule has 0 spiro atoms. The molecule has 0 rings (SSSR count). The van der Waals surface area contributed by atoms with Crippen LogP contribution in [-0.4, -0.2) is 39.2 Å². The van der Waals surface area contributed by atoms with Gasteiger partial charge in [0.2, 0.25) is 0 Å². The fourth-order valence-corrected chi connectivity index (χ4v) is 1.28. The molecule has 0 N–H and O–H groups in total. The summed E-state index contributed by atoms with van der Waals surface area (Å²) >= 11 is 0. The molecule has 0 saturated heterocycles. The first kappa shape index (κ1) is 15.2. The second-order valence-corrected chi connectivity index (χ2v) is 3.33. The number of carbonyl (C=O) groups is 3. The molecule has 0 aromatic heterocycles. The normalized spacial score (nSPS) is 11.6. The van der Waals surface area contributed by atoms with E-state index in [0.717, 1.165) is 14.2 Å². The Morgan fingerprint density at radius 3 is 1.65 bits per heavy atom. The van der Waals surface area contributed by atoms with Crippen molar-refractivity contribution in [3.05, 3.63) is 12.2 Å². The maximum Gasteiger partial charge on any atom is 0.333 e. The minimum atomic E-state index is -1.23. The van der Waals surface area contributed by atoms with Crippen LogP contribution < -0.4 is 0 Å². The Labute approximate surface area is 99.5 Å². The van der Waals surface area contributed by atoms with Gasteiger partial charge in [-0.2, -0.15) is 0 Å². The third kappa shape index (κ3) is 3.58. The Kier molecular flexibility index (Phi) is 5.95. The van der Waals surface area contributed by atoms with Gasteiger partial charge in [-0.3, -0.25) is 9.59 Å². The van der Waals surface area contributed by atoms with Crippen LogP contribution in [0.2, 0.25) is 0 Å². The first-order chi connectivity index (χ1) is 7.90. The van der Waals surface area contributed by atoms with Crippen LogP contribution in [0, 0.1) is 11.8 Å². The maximum absolute atomic E-state index is 11.5. The van der Waals surface area contributed by atoms with Gasteiger partial charge in [-0.05, 0) is 0 Å². The van der Waals surface area contributed by atoms with Gasteiger partial charge in [0.15, 0.2) is 5.92 Å². The van der Waals surface area contributed by atoms with E-state index < -0.39 is 29.7 Å². The van der Waals surface area contributed by atoms with Gasteiger partial charge < -0.3 is 14.2 Å². The van der Waals surface area contributed by atoms with Crippen molar-refractivity contribution in [3.8, 4) is 0 Å². The summed E-state index contributed by atoms with van der Waals surface area (Å²) in [6.07, 6.45) is 0. The lowest BCUT2D eigenvalue weighted by molar-refractivity contribution is -0.160. The number of ether oxygens (including phenoxy) is 3. The van der Waals surface area contributed by atoms with Crippen LogP contribution in [0.15, 0.2) is 12.2 Å². The Balaban J connectivity index is 5.06. The Hall–Kier alpha value is -1.85. The number of hydrogen-bond donors (Lipinski definition) is 0. The Morgan fingerprint density at radius 2 is 1.35 bits per heavy atom. The van der Waals surface area contributed by atoms with Crippen molar-refractivity contribution in [2.45, 2.75) is 6.92 Å². The number of hydrogen-bond acceptors (Lipinski definition) is 6. The highest BCUT2D eigenvalue weighted by Crippen LogP contribution is 2.22. The van der Waals surface area contributed by atoms with E-state index in [2.05, 4.69) is 20.8 Å². The van der Waals surface area contributed by atoms with E-state index in [4.69, 9.17) is 0 Å². The van der Waals surface area contributed by atoms with E-state index in [1.165, 1.54) is 14.0 Å². The van der Waals surface area contributed by atoms with Crippen LogP contribution in [0.25, 0.3) is 0 Å². The van der Waals surface area contributed by atoms with Crippen molar-refractivity contribution < 1.29 is 28.6 Å². The zero-order valence-electron chi connectivity index (χ0n) is 10.3. The van der Waals surface area contributed by atoms with Crippen LogP contribution >= 0.6 is 0 Å². The van der Waals surface area contributed by atoms with Crippen LogP contribution in [-0.2, 0) is 28.6 Å². The third-order valence-electron chi connectivity index (χ3n) is 2.41. The van der Waals surface area contributed by atoms with Crippen molar-refractivity contribution in [2.24, 2.45) is 11.8 Å².